The number of hydrogen-bond donors (Lipinski definition) is 1. The molecule has 2 heterocycles. The molecule has 1 N–H and O–H groups in total. The fourth-order valence-corrected chi connectivity index (χ4v) is 4.86. The van der Waals surface area contributed by atoms with E-state index in [-0.39, 0.29) is 5.92 Å². The van der Waals surface area contributed by atoms with Gasteiger partial charge in [-0.3, -0.25) is 4.90 Å². The molecule has 1 aliphatic rings. The molecule has 1 atom stereocenters. The number of aromatic nitrogens is 3. The van der Waals surface area contributed by atoms with Gasteiger partial charge in [-0.25, -0.2) is 13.1 Å². The molecule has 3 rings (SSSR count). The van der Waals surface area contributed by atoms with Crippen LogP contribution in [0.25, 0.3) is 0 Å². The van der Waals surface area contributed by atoms with Gasteiger partial charge < -0.3 is 18.8 Å². The highest BCUT2D eigenvalue weighted by Crippen LogP contribution is 2.40. The maximum atomic E-state index is 11.9. The van der Waals surface area contributed by atoms with Crippen molar-refractivity contribution in [2.75, 3.05) is 40.7 Å². The first-order valence-corrected chi connectivity index (χ1v) is 12.5. The predicted octanol–water partition coefficient (Wildman–Crippen LogP) is 1.61. The maximum absolute atomic E-state index is 11.9. The standard InChI is InChI=1S/C21H33N5O5S/c1-14(2)18(24-32(6,27)28)21-23-22-17-9-10-25(11-12-26(17)21)13-15-7-8-16(29-3)20(31-5)19(15)30-4/h7-8,14,18,24H,9-13H2,1-6H3/t18-/m0/s1. The Morgan fingerprint density at radius 2 is 1.75 bits per heavy atom. The van der Waals surface area contributed by atoms with E-state index in [1.54, 1.807) is 21.3 Å². The lowest BCUT2D eigenvalue weighted by Gasteiger charge is -2.23. The van der Waals surface area contributed by atoms with Gasteiger partial charge in [-0.15, -0.1) is 10.2 Å². The first-order valence-electron chi connectivity index (χ1n) is 10.6. The summed E-state index contributed by atoms with van der Waals surface area (Å²) in [6, 6.07) is 3.44. The minimum Gasteiger partial charge on any atom is -0.493 e. The molecule has 0 aliphatic carbocycles. The van der Waals surface area contributed by atoms with Crippen molar-refractivity contribution < 1.29 is 22.6 Å². The van der Waals surface area contributed by atoms with Gasteiger partial charge in [-0.05, 0) is 12.0 Å². The molecule has 0 unspecified atom stereocenters. The fourth-order valence-electron chi connectivity index (χ4n) is 4.02. The van der Waals surface area contributed by atoms with Crippen LogP contribution in [-0.4, -0.2) is 68.8 Å². The summed E-state index contributed by atoms with van der Waals surface area (Å²) in [5, 5.41) is 8.71. The van der Waals surface area contributed by atoms with Crippen LogP contribution in [0.15, 0.2) is 12.1 Å². The lowest BCUT2D eigenvalue weighted by Crippen LogP contribution is -2.33. The molecule has 0 fully saturated rings. The molecule has 0 saturated carbocycles. The zero-order valence-corrected chi connectivity index (χ0v) is 20.4. The first-order chi connectivity index (χ1) is 15.2. The molecular formula is C21H33N5O5S. The summed E-state index contributed by atoms with van der Waals surface area (Å²) in [6.45, 7) is 6.84. The average molecular weight is 468 g/mol. The lowest BCUT2D eigenvalue weighted by molar-refractivity contribution is 0.260. The van der Waals surface area contributed by atoms with Gasteiger partial charge in [0.1, 0.15) is 5.82 Å². The Morgan fingerprint density at radius 3 is 2.34 bits per heavy atom. The van der Waals surface area contributed by atoms with E-state index in [1.807, 2.05) is 26.0 Å². The van der Waals surface area contributed by atoms with Gasteiger partial charge in [-0.1, -0.05) is 19.9 Å². The number of benzene rings is 1. The van der Waals surface area contributed by atoms with Gasteiger partial charge in [0, 0.05) is 38.2 Å². The van der Waals surface area contributed by atoms with Gasteiger partial charge in [-0.2, -0.15) is 0 Å². The molecular weight excluding hydrogens is 434 g/mol. The van der Waals surface area contributed by atoms with Crippen LogP contribution in [0.1, 0.15) is 37.1 Å². The molecule has 11 heteroatoms. The summed E-state index contributed by atoms with van der Waals surface area (Å²) in [5.74, 6) is 3.42. The summed E-state index contributed by atoms with van der Waals surface area (Å²) < 4.78 is 45.0. The number of ether oxygens (including phenoxy) is 3. The van der Waals surface area contributed by atoms with Crippen molar-refractivity contribution in [2.45, 2.75) is 39.4 Å². The summed E-state index contributed by atoms with van der Waals surface area (Å²) in [5.41, 5.74) is 1.00. The number of nitrogens with zero attached hydrogens (tertiary/aromatic N) is 4. The normalized spacial score (nSPS) is 15.8. The zero-order valence-electron chi connectivity index (χ0n) is 19.6. The van der Waals surface area contributed by atoms with Gasteiger partial charge in [0.25, 0.3) is 0 Å². The van der Waals surface area contributed by atoms with Crippen LogP contribution >= 0.6 is 0 Å². The van der Waals surface area contributed by atoms with Gasteiger partial charge in [0.05, 0.1) is 33.6 Å². The highest BCUT2D eigenvalue weighted by molar-refractivity contribution is 7.88. The molecule has 0 amide bonds. The second-order valence-corrected chi connectivity index (χ2v) is 10.0. The quantitative estimate of drug-likeness (QED) is 0.593. The van der Waals surface area contributed by atoms with Crippen molar-refractivity contribution >= 4 is 10.0 Å². The lowest BCUT2D eigenvalue weighted by atomic mass is 10.1. The minimum absolute atomic E-state index is 0.0356. The summed E-state index contributed by atoms with van der Waals surface area (Å²) in [6.07, 6.45) is 1.88. The summed E-state index contributed by atoms with van der Waals surface area (Å²) in [7, 11) is 1.44. The number of hydrogen-bond acceptors (Lipinski definition) is 8. The largest absolute Gasteiger partial charge is 0.493 e. The Kier molecular flexibility index (Phi) is 7.63. The van der Waals surface area contributed by atoms with E-state index in [2.05, 4.69) is 24.4 Å². The number of fused-ring (bicyclic) bond motifs is 1. The van der Waals surface area contributed by atoms with Gasteiger partial charge in [0.15, 0.2) is 17.3 Å². The van der Waals surface area contributed by atoms with Gasteiger partial charge >= 0.3 is 0 Å². The molecule has 1 aliphatic heterocycles. The summed E-state index contributed by atoms with van der Waals surface area (Å²) >= 11 is 0. The minimum atomic E-state index is -3.38. The van der Waals surface area contributed by atoms with E-state index >= 15 is 0 Å². The van der Waals surface area contributed by atoms with E-state index in [0.717, 1.165) is 24.5 Å². The van der Waals surface area contributed by atoms with E-state index in [0.29, 0.717) is 42.6 Å². The molecule has 0 radical (unpaired) electrons. The molecule has 0 spiro atoms. The second kappa shape index (κ2) is 10.1. The Hall–Kier alpha value is -2.37. The van der Waals surface area contributed by atoms with Crippen LogP contribution in [0.3, 0.4) is 0 Å². The van der Waals surface area contributed by atoms with Crippen LogP contribution in [0.4, 0.5) is 0 Å². The highest BCUT2D eigenvalue weighted by atomic mass is 32.2. The van der Waals surface area contributed by atoms with E-state index in [4.69, 9.17) is 14.2 Å². The SMILES string of the molecule is COc1ccc(CN2CCc3nnc([C@@H](NS(C)(=O)=O)C(C)C)n3CC2)c(OC)c1OC. The van der Waals surface area contributed by atoms with Crippen LogP contribution in [0.5, 0.6) is 17.2 Å². The summed E-state index contributed by atoms with van der Waals surface area (Å²) in [4.78, 5) is 2.32. The van der Waals surface area contributed by atoms with Crippen LogP contribution < -0.4 is 18.9 Å². The van der Waals surface area contributed by atoms with Crippen molar-refractivity contribution in [2.24, 2.45) is 5.92 Å². The third-order valence-corrected chi connectivity index (χ3v) is 6.30. The van der Waals surface area contributed by atoms with E-state index < -0.39 is 16.1 Å². The molecule has 10 nitrogen and oxygen atoms in total. The second-order valence-electron chi connectivity index (χ2n) is 8.26. The van der Waals surface area contributed by atoms with Crippen LogP contribution in [-0.2, 0) is 29.5 Å². The number of rotatable bonds is 9. The molecule has 178 valence electrons. The third-order valence-electron chi connectivity index (χ3n) is 5.61. The zero-order chi connectivity index (χ0) is 23.5. The van der Waals surface area contributed by atoms with Crippen LogP contribution in [0, 0.1) is 5.92 Å². The van der Waals surface area contributed by atoms with E-state index in [9.17, 15) is 8.42 Å². The van der Waals surface area contributed by atoms with Crippen molar-refractivity contribution in [1.29, 1.82) is 0 Å². The molecule has 0 bridgehead atoms. The maximum Gasteiger partial charge on any atom is 0.209 e. The number of sulfonamides is 1. The van der Waals surface area contributed by atoms with Crippen molar-refractivity contribution in [3.8, 4) is 17.2 Å². The van der Waals surface area contributed by atoms with Crippen molar-refractivity contribution in [1.82, 2.24) is 24.4 Å². The third kappa shape index (κ3) is 5.33. The predicted molar refractivity (Wildman–Crippen MR) is 121 cm³/mol. The molecule has 2 aromatic rings. The smallest absolute Gasteiger partial charge is 0.209 e. The van der Waals surface area contributed by atoms with Crippen LogP contribution in [0.2, 0.25) is 0 Å². The monoisotopic (exact) mass is 467 g/mol. The highest BCUT2D eigenvalue weighted by Gasteiger charge is 2.28. The van der Waals surface area contributed by atoms with E-state index in [1.165, 1.54) is 6.26 Å². The Bertz CT molecular complexity index is 1040. The Labute approximate surface area is 189 Å². The number of nitrogens with one attached hydrogen (secondary N) is 1. The number of methoxy groups -OCH3 is 3. The average Bonchev–Trinajstić information content (AvgIpc) is 3.04. The van der Waals surface area contributed by atoms with Gasteiger partial charge in [0.2, 0.25) is 15.8 Å². The first kappa shape index (κ1) is 24.3. The molecule has 1 aromatic heterocycles. The molecule has 32 heavy (non-hydrogen) atoms. The van der Waals surface area contributed by atoms with Crippen molar-refractivity contribution in [3.63, 3.8) is 0 Å². The Balaban J connectivity index is 1.81. The molecule has 0 saturated heterocycles. The van der Waals surface area contributed by atoms with Crippen molar-refractivity contribution in [3.05, 3.63) is 29.3 Å². The topological polar surface area (TPSA) is 108 Å². The Morgan fingerprint density at radius 1 is 1.03 bits per heavy atom. The fraction of sp³-hybridized carbons (Fsp3) is 0.619. The molecule has 1 aromatic carbocycles.